The van der Waals surface area contributed by atoms with E-state index in [-0.39, 0.29) is 11.5 Å². The first kappa shape index (κ1) is 36.7. The van der Waals surface area contributed by atoms with Crippen LogP contribution >= 0.6 is 0 Å². The lowest BCUT2D eigenvalue weighted by molar-refractivity contribution is 0.228. The molecule has 3 aliphatic rings. The van der Waals surface area contributed by atoms with E-state index in [1.54, 1.807) is 0 Å². The fraction of sp³-hybridized carbons (Fsp3) is 0.153. The van der Waals surface area contributed by atoms with Gasteiger partial charge in [-0.3, -0.25) is 0 Å². The molecule has 3 heteroatoms. The third-order valence-corrected chi connectivity index (χ3v) is 13.9. The van der Waals surface area contributed by atoms with Crippen LogP contribution in [0.4, 0.5) is 17.1 Å². The number of anilines is 3. The molecule has 1 saturated carbocycles. The Morgan fingerprint density at radius 3 is 2.02 bits per heavy atom. The Morgan fingerprint density at radius 1 is 0.548 bits per heavy atom. The number of benzene rings is 8. The molecule has 0 amide bonds. The Kier molecular flexibility index (Phi) is 8.78. The molecule has 0 radical (unpaired) electrons. The van der Waals surface area contributed by atoms with E-state index in [1.165, 1.54) is 70.7 Å². The van der Waals surface area contributed by atoms with Crippen LogP contribution in [0.2, 0.25) is 0 Å². The standard InChI is InChI=1S/C59H47NO2/c1-59-37-12-11-36-55(59)62-54-35-16-28-44(58(54)59)41-22-13-23-42(38-41)60(51-32-9-6-25-46(51)48-30-17-34-53-57(48)49-26-7-10-33-52(49)61-53)50-31-8-5-24-45(50)47-29-15-21-40-20-14-27-43(56(40)47)39-18-3-2-4-19-39/h5-17,20-39,55H,2-4,18-19H2,1H3. The molecule has 0 bridgehead atoms. The Balaban J connectivity index is 1.11. The van der Waals surface area contributed by atoms with E-state index >= 15 is 0 Å². The molecule has 0 N–H and O–H groups in total. The molecule has 1 fully saturated rings. The fourth-order valence-corrected chi connectivity index (χ4v) is 11.0. The van der Waals surface area contributed by atoms with Crippen molar-refractivity contribution < 1.29 is 9.15 Å². The molecule has 9 aromatic rings. The van der Waals surface area contributed by atoms with E-state index in [9.17, 15) is 0 Å². The van der Waals surface area contributed by atoms with Crippen molar-refractivity contribution >= 4 is 49.8 Å². The summed E-state index contributed by atoms with van der Waals surface area (Å²) in [6, 6.07) is 62.3. The summed E-state index contributed by atoms with van der Waals surface area (Å²) >= 11 is 0. The second-order valence-corrected chi connectivity index (χ2v) is 17.5. The molecule has 300 valence electrons. The number of nitrogens with zero attached hydrogens (tertiary/aromatic N) is 1. The molecule has 1 aliphatic heterocycles. The molecule has 2 atom stereocenters. The van der Waals surface area contributed by atoms with Crippen molar-refractivity contribution in [3.05, 3.63) is 205 Å². The first-order valence-electron chi connectivity index (χ1n) is 22.3. The number of ether oxygens (including phenoxy) is 1. The normalized spacial score (nSPS) is 18.2. The summed E-state index contributed by atoms with van der Waals surface area (Å²) < 4.78 is 13.1. The minimum atomic E-state index is -0.272. The van der Waals surface area contributed by atoms with Gasteiger partial charge in [-0.25, -0.2) is 0 Å². The average molecular weight is 802 g/mol. The topological polar surface area (TPSA) is 25.6 Å². The zero-order valence-electron chi connectivity index (χ0n) is 34.9. The van der Waals surface area contributed by atoms with Crippen molar-refractivity contribution in [2.45, 2.75) is 56.5 Å². The average Bonchev–Trinajstić information content (AvgIpc) is 3.87. The maximum atomic E-state index is 6.61. The van der Waals surface area contributed by atoms with Crippen LogP contribution in [-0.2, 0) is 5.41 Å². The number of hydrogen-bond acceptors (Lipinski definition) is 3. The smallest absolute Gasteiger partial charge is 0.136 e. The number of furan rings is 1. The fourth-order valence-electron chi connectivity index (χ4n) is 11.0. The van der Waals surface area contributed by atoms with Gasteiger partial charge in [0.25, 0.3) is 0 Å². The predicted octanol–water partition coefficient (Wildman–Crippen LogP) is 16.4. The molecule has 2 heterocycles. The van der Waals surface area contributed by atoms with E-state index in [0.29, 0.717) is 5.92 Å². The molecule has 3 nitrogen and oxygen atoms in total. The van der Waals surface area contributed by atoms with Gasteiger partial charge in [0.15, 0.2) is 0 Å². The van der Waals surface area contributed by atoms with Crippen molar-refractivity contribution in [1.29, 1.82) is 0 Å². The van der Waals surface area contributed by atoms with Gasteiger partial charge in [0.2, 0.25) is 0 Å². The van der Waals surface area contributed by atoms with Crippen molar-refractivity contribution in [2.24, 2.45) is 0 Å². The molecule has 8 aromatic carbocycles. The number of fused-ring (bicyclic) bond motifs is 7. The van der Waals surface area contributed by atoms with Crippen LogP contribution in [-0.4, -0.2) is 6.10 Å². The van der Waals surface area contributed by atoms with Crippen molar-refractivity contribution in [3.8, 4) is 39.1 Å². The summed E-state index contributed by atoms with van der Waals surface area (Å²) in [6.07, 6.45) is 15.1. The zero-order valence-corrected chi connectivity index (χ0v) is 34.9. The van der Waals surface area contributed by atoms with Crippen molar-refractivity contribution in [3.63, 3.8) is 0 Å². The summed E-state index contributed by atoms with van der Waals surface area (Å²) in [5.41, 5.74) is 14.6. The molecule has 1 aromatic heterocycles. The molecule has 2 unspecified atom stereocenters. The second kappa shape index (κ2) is 14.8. The summed E-state index contributed by atoms with van der Waals surface area (Å²) in [5.74, 6) is 1.52. The van der Waals surface area contributed by atoms with Crippen molar-refractivity contribution in [1.82, 2.24) is 0 Å². The van der Waals surface area contributed by atoms with Gasteiger partial charge in [-0.1, -0.05) is 165 Å². The van der Waals surface area contributed by atoms with Gasteiger partial charge in [0.05, 0.1) is 16.8 Å². The molecule has 2 aliphatic carbocycles. The molecular formula is C59H47NO2. The third-order valence-electron chi connectivity index (χ3n) is 13.9. The van der Waals surface area contributed by atoms with E-state index in [1.807, 2.05) is 6.07 Å². The molecule has 0 spiro atoms. The second-order valence-electron chi connectivity index (χ2n) is 17.5. The summed E-state index contributed by atoms with van der Waals surface area (Å²) in [7, 11) is 0. The van der Waals surface area contributed by atoms with E-state index < -0.39 is 0 Å². The highest BCUT2D eigenvalue weighted by Crippen LogP contribution is 2.53. The van der Waals surface area contributed by atoms with Gasteiger partial charge in [-0.15, -0.1) is 0 Å². The van der Waals surface area contributed by atoms with Gasteiger partial charge in [0.1, 0.15) is 23.0 Å². The van der Waals surface area contributed by atoms with Crippen LogP contribution in [0.5, 0.6) is 5.75 Å². The SMILES string of the molecule is CC12C=CC=CC1Oc1cccc(-c3cccc(N(c4ccccc4-c4cccc5cccc(C6CCCCC6)c45)c4ccccc4-c4cccc5oc6ccccc6c45)c3)c12. The number of hydrogen-bond donors (Lipinski definition) is 0. The van der Waals surface area contributed by atoms with Crippen LogP contribution in [0.25, 0.3) is 66.1 Å². The van der Waals surface area contributed by atoms with Crippen molar-refractivity contribution in [2.75, 3.05) is 4.90 Å². The first-order chi connectivity index (χ1) is 30.6. The lowest BCUT2D eigenvalue weighted by Crippen LogP contribution is -2.33. The van der Waals surface area contributed by atoms with E-state index in [0.717, 1.165) is 61.4 Å². The summed E-state index contributed by atoms with van der Waals surface area (Å²) in [4.78, 5) is 2.50. The number of rotatable bonds is 7. The maximum absolute atomic E-state index is 6.61. The predicted molar refractivity (Wildman–Crippen MR) is 258 cm³/mol. The highest BCUT2D eigenvalue weighted by molar-refractivity contribution is 6.14. The highest BCUT2D eigenvalue weighted by Gasteiger charge is 2.44. The summed E-state index contributed by atoms with van der Waals surface area (Å²) in [5, 5.41) is 4.92. The van der Waals surface area contributed by atoms with Gasteiger partial charge in [0, 0.05) is 33.2 Å². The Labute approximate surface area is 363 Å². The Morgan fingerprint density at radius 2 is 1.19 bits per heavy atom. The maximum Gasteiger partial charge on any atom is 0.136 e. The number of allylic oxidation sites excluding steroid dienone is 2. The highest BCUT2D eigenvalue weighted by atomic mass is 16.5. The Hall–Kier alpha value is -7.10. The van der Waals surface area contributed by atoms with Gasteiger partial charge < -0.3 is 14.1 Å². The molecule has 12 rings (SSSR count). The van der Waals surface area contributed by atoms with Crippen LogP contribution < -0.4 is 9.64 Å². The first-order valence-corrected chi connectivity index (χ1v) is 22.3. The van der Waals surface area contributed by atoms with Crippen LogP contribution in [0.15, 0.2) is 199 Å². The summed E-state index contributed by atoms with van der Waals surface area (Å²) in [6.45, 7) is 2.31. The van der Waals surface area contributed by atoms with Crippen LogP contribution in [0, 0.1) is 0 Å². The Bertz CT molecular complexity index is 3250. The zero-order chi connectivity index (χ0) is 41.2. The van der Waals surface area contributed by atoms with Crippen LogP contribution in [0.3, 0.4) is 0 Å². The monoisotopic (exact) mass is 801 g/mol. The van der Waals surface area contributed by atoms with Gasteiger partial charge in [-0.2, -0.15) is 0 Å². The lowest BCUT2D eigenvalue weighted by atomic mass is 9.74. The molecular weight excluding hydrogens is 755 g/mol. The number of para-hydroxylation sites is 3. The molecule has 62 heavy (non-hydrogen) atoms. The van der Waals surface area contributed by atoms with Gasteiger partial charge >= 0.3 is 0 Å². The minimum absolute atomic E-state index is 0.0389. The quantitative estimate of drug-likeness (QED) is 0.161. The van der Waals surface area contributed by atoms with Gasteiger partial charge in [-0.05, 0) is 113 Å². The largest absolute Gasteiger partial charge is 0.485 e. The van der Waals surface area contributed by atoms with E-state index in [4.69, 9.17) is 9.15 Å². The molecule has 0 saturated heterocycles. The third kappa shape index (κ3) is 5.86. The lowest BCUT2D eigenvalue weighted by Gasteiger charge is -2.31. The minimum Gasteiger partial charge on any atom is -0.485 e. The van der Waals surface area contributed by atoms with E-state index in [2.05, 4.69) is 200 Å². The van der Waals surface area contributed by atoms with Crippen LogP contribution in [0.1, 0.15) is 56.1 Å².